The van der Waals surface area contributed by atoms with Crippen LogP contribution in [0.4, 0.5) is 0 Å². The van der Waals surface area contributed by atoms with Crippen LogP contribution in [0, 0.1) is 5.92 Å². The van der Waals surface area contributed by atoms with Crippen molar-refractivity contribution in [3.05, 3.63) is 59.2 Å². The predicted octanol–water partition coefficient (Wildman–Crippen LogP) is 3.13. The van der Waals surface area contributed by atoms with Crippen LogP contribution in [0.25, 0.3) is 0 Å². The lowest BCUT2D eigenvalue weighted by Crippen LogP contribution is -2.23. The van der Waals surface area contributed by atoms with Gasteiger partial charge < -0.3 is 14.8 Å². The van der Waals surface area contributed by atoms with E-state index >= 15 is 0 Å². The summed E-state index contributed by atoms with van der Waals surface area (Å²) in [6.45, 7) is 2.81. The van der Waals surface area contributed by atoms with Crippen LogP contribution in [-0.2, 0) is 24.2 Å². The third-order valence-electron chi connectivity index (χ3n) is 4.31. The number of nitrogens with one attached hydrogen (secondary N) is 1. The molecule has 1 amide bonds. The van der Waals surface area contributed by atoms with Crippen molar-refractivity contribution >= 4 is 5.91 Å². The van der Waals surface area contributed by atoms with E-state index < -0.39 is 0 Å². The second kappa shape index (κ2) is 7.39. The number of hydrogen-bond donors (Lipinski definition) is 1. The highest BCUT2D eigenvalue weighted by molar-refractivity contribution is 5.72. The second-order valence-electron chi connectivity index (χ2n) is 6.26. The van der Waals surface area contributed by atoms with Gasteiger partial charge in [-0.05, 0) is 35.6 Å². The monoisotopic (exact) mass is 325 g/mol. The fourth-order valence-corrected chi connectivity index (χ4v) is 3.18. The predicted molar refractivity (Wildman–Crippen MR) is 93.3 cm³/mol. The van der Waals surface area contributed by atoms with Gasteiger partial charge in [0.25, 0.3) is 0 Å². The minimum Gasteiger partial charge on any atom is -0.493 e. The Morgan fingerprint density at radius 3 is 2.83 bits per heavy atom. The van der Waals surface area contributed by atoms with Crippen molar-refractivity contribution in [3.8, 4) is 11.5 Å². The number of para-hydroxylation sites is 1. The average Bonchev–Trinajstić information content (AvgIpc) is 2.59. The molecule has 0 aliphatic carbocycles. The molecular weight excluding hydrogens is 302 g/mol. The molecule has 24 heavy (non-hydrogen) atoms. The van der Waals surface area contributed by atoms with Crippen molar-refractivity contribution in [1.29, 1.82) is 0 Å². The van der Waals surface area contributed by atoms with Gasteiger partial charge in [0.15, 0.2) is 11.5 Å². The summed E-state index contributed by atoms with van der Waals surface area (Å²) in [5.41, 5.74) is 3.61. The molecule has 1 atom stereocenters. The number of amides is 1. The first-order chi connectivity index (χ1) is 11.7. The Balaban J connectivity index is 1.67. The zero-order valence-corrected chi connectivity index (χ0v) is 14.2. The molecule has 0 saturated carbocycles. The quantitative estimate of drug-likeness (QED) is 0.919. The number of benzene rings is 2. The van der Waals surface area contributed by atoms with E-state index in [0.29, 0.717) is 19.1 Å². The van der Waals surface area contributed by atoms with Crippen LogP contribution >= 0.6 is 0 Å². The lowest BCUT2D eigenvalue weighted by molar-refractivity contribution is -0.119. The number of methoxy groups -OCH3 is 1. The van der Waals surface area contributed by atoms with Crippen LogP contribution in [0.2, 0.25) is 0 Å². The Kier molecular flexibility index (Phi) is 5.04. The third kappa shape index (κ3) is 3.88. The van der Waals surface area contributed by atoms with Crippen LogP contribution in [0.5, 0.6) is 11.5 Å². The molecule has 0 bridgehead atoms. The SMILES string of the molecule is COc1cccc2c1OC[C@@H](Cc1cccc(CNC(C)=O)c1)C2. The number of fused-ring (bicyclic) bond motifs is 1. The van der Waals surface area contributed by atoms with E-state index in [9.17, 15) is 4.79 Å². The van der Waals surface area contributed by atoms with E-state index in [-0.39, 0.29) is 5.91 Å². The molecule has 4 heteroatoms. The second-order valence-corrected chi connectivity index (χ2v) is 6.26. The average molecular weight is 325 g/mol. The summed E-state index contributed by atoms with van der Waals surface area (Å²) in [5.74, 6) is 2.13. The summed E-state index contributed by atoms with van der Waals surface area (Å²) in [7, 11) is 1.67. The minimum atomic E-state index is -0.00774. The van der Waals surface area contributed by atoms with Gasteiger partial charge in [0.1, 0.15) is 0 Å². The molecule has 2 aromatic rings. The largest absolute Gasteiger partial charge is 0.493 e. The highest BCUT2D eigenvalue weighted by atomic mass is 16.5. The molecule has 0 fully saturated rings. The summed E-state index contributed by atoms with van der Waals surface area (Å²) in [5, 5.41) is 2.84. The molecule has 0 spiro atoms. The van der Waals surface area contributed by atoms with Crippen molar-refractivity contribution in [2.45, 2.75) is 26.3 Å². The fraction of sp³-hybridized carbons (Fsp3) is 0.350. The molecule has 3 rings (SSSR count). The molecule has 0 saturated heterocycles. The molecule has 1 aliphatic rings. The van der Waals surface area contributed by atoms with Gasteiger partial charge in [-0.25, -0.2) is 0 Å². The molecule has 0 radical (unpaired) electrons. The van der Waals surface area contributed by atoms with Crippen molar-refractivity contribution < 1.29 is 14.3 Å². The van der Waals surface area contributed by atoms with Gasteiger partial charge in [-0.3, -0.25) is 4.79 Å². The maximum atomic E-state index is 11.1. The first-order valence-electron chi connectivity index (χ1n) is 8.26. The van der Waals surface area contributed by atoms with Crippen LogP contribution in [0.1, 0.15) is 23.6 Å². The normalized spacial score (nSPS) is 16.0. The smallest absolute Gasteiger partial charge is 0.217 e. The summed E-state index contributed by atoms with van der Waals surface area (Å²) in [6, 6.07) is 14.4. The van der Waals surface area contributed by atoms with Gasteiger partial charge in [-0.15, -0.1) is 0 Å². The first kappa shape index (κ1) is 16.4. The minimum absolute atomic E-state index is 0.00774. The number of hydrogen-bond acceptors (Lipinski definition) is 3. The summed E-state index contributed by atoms with van der Waals surface area (Å²) in [6.07, 6.45) is 1.95. The van der Waals surface area contributed by atoms with E-state index in [1.54, 1.807) is 7.11 Å². The zero-order valence-electron chi connectivity index (χ0n) is 14.2. The Bertz CT molecular complexity index is 727. The molecule has 1 N–H and O–H groups in total. The van der Waals surface area contributed by atoms with E-state index in [1.807, 2.05) is 24.3 Å². The van der Waals surface area contributed by atoms with Crippen molar-refractivity contribution in [1.82, 2.24) is 5.32 Å². The van der Waals surface area contributed by atoms with Crippen LogP contribution in [0.3, 0.4) is 0 Å². The number of rotatable bonds is 5. The first-order valence-corrected chi connectivity index (χ1v) is 8.26. The van der Waals surface area contributed by atoms with Crippen molar-refractivity contribution in [3.63, 3.8) is 0 Å². The maximum Gasteiger partial charge on any atom is 0.217 e. The Morgan fingerprint density at radius 2 is 2.04 bits per heavy atom. The molecule has 126 valence electrons. The van der Waals surface area contributed by atoms with Crippen molar-refractivity contribution in [2.24, 2.45) is 5.92 Å². The van der Waals surface area contributed by atoms with E-state index in [2.05, 4.69) is 23.5 Å². The van der Waals surface area contributed by atoms with Gasteiger partial charge in [-0.2, -0.15) is 0 Å². The van der Waals surface area contributed by atoms with Crippen LogP contribution < -0.4 is 14.8 Å². The number of carbonyl (C=O) groups is 1. The van der Waals surface area contributed by atoms with E-state index in [1.165, 1.54) is 18.1 Å². The highest BCUT2D eigenvalue weighted by Crippen LogP contribution is 2.36. The van der Waals surface area contributed by atoms with E-state index in [4.69, 9.17) is 9.47 Å². The van der Waals surface area contributed by atoms with Gasteiger partial charge >= 0.3 is 0 Å². The molecule has 4 nitrogen and oxygen atoms in total. The molecular formula is C20H23NO3. The van der Waals surface area contributed by atoms with Crippen LogP contribution in [0.15, 0.2) is 42.5 Å². The number of carbonyl (C=O) groups excluding carboxylic acids is 1. The topological polar surface area (TPSA) is 47.6 Å². The summed E-state index contributed by atoms with van der Waals surface area (Å²) < 4.78 is 11.3. The maximum absolute atomic E-state index is 11.1. The van der Waals surface area contributed by atoms with Gasteiger partial charge in [0.2, 0.25) is 5.91 Å². The Labute approximate surface area is 142 Å². The van der Waals surface area contributed by atoms with Gasteiger partial charge in [-0.1, -0.05) is 36.4 Å². The van der Waals surface area contributed by atoms with Gasteiger partial charge in [0.05, 0.1) is 13.7 Å². The Morgan fingerprint density at radius 1 is 1.25 bits per heavy atom. The van der Waals surface area contributed by atoms with Crippen molar-refractivity contribution in [2.75, 3.05) is 13.7 Å². The number of ether oxygens (including phenoxy) is 2. The molecule has 1 heterocycles. The summed E-state index contributed by atoms with van der Waals surface area (Å²) >= 11 is 0. The fourth-order valence-electron chi connectivity index (χ4n) is 3.18. The molecule has 1 aliphatic heterocycles. The summed E-state index contributed by atoms with van der Waals surface area (Å²) in [4.78, 5) is 11.1. The zero-order chi connectivity index (χ0) is 16.9. The lowest BCUT2D eigenvalue weighted by Gasteiger charge is -2.26. The highest BCUT2D eigenvalue weighted by Gasteiger charge is 2.22. The molecule has 0 unspecified atom stereocenters. The standard InChI is InChI=1S/C20H23NO3/c1-14(22)21-12-16-6-3-5-15(9-16)10-17-11-18-7-4-8-19(23-2)20(18)24-13-17/h3-9,17H,10-13H2,1-2H3,(H,21,22)/t17-/m0/s1. The third-order valence-corrected chi connectivity index (χ3v) is 4.31. The molecule has 2 aromatic carbocycles. The Hall–Kier alpha value is -2.49. The van der Waals surface area contributed by atoms with Crippen LogP contribution in [-0.4, -0.2) is 19.6 Å². The van der Waals surface area contributed by atoms with E-state index in [0.717, 1.165) is 29.9 Å². The molecule has 0 aromatic heterocycles. The lowest BCUT2D eigenvalue weighted by atomic mass is 9.90. The van der Waals surface area contributed by atoms with Gasteiger partial charge in [0, 0.05) is 19.4 Å².